The fourth-order valence-corrected chi connectivity index (χ4v) is 4.02. The van der Waals surface area contributed by atoms with Gasteiger partial charge in [-0.2, -0.15) is 0 Å². The summed E-state index contributed by atoms with van der Waals surface area (Å²) in [6, 6.07) is 8.45. The molecule has 0 bridgehead atoms. The van der Waals surface area contributed by atoms with Gasteiger partial charge in [-0.1, -0.05) is 19.1 Å². The Kier molecular flexibility index (Phi) is 4.57. The zero-order valence-electron chi connectivity index (χ0n) is 14.8. The van der Waals surface area contributed by atoms with Crippen molar-refractivity contribution in [2.45, 2.75) is 45.6 Å². The highest BCUT2D eigenvalue weighted by atomic mass is 16.1. The molecule has 1 aliphatic heterocycles. The van der Waals surface area contributed by atoms with Gasteiger partial charge in [0.25, 0.3) is 5.56 Å². The molecular weight excluding hydrogens is 312 g/mol. The van der Waals surface area contributed by atoms with Crippen molar-refractivity contribution in [2.75, 3.05) is 18.4 Å². The summed E-state index contributed by atoms with van der Waals surface area (Å²) in [7, 11) is 0. The van der Waals surface area contributed by atoms with Crippen LogP contribution in [0.25, 0.3) is 0 Å². The van der Waals surface area contributed by atoms with Gasteiger partial charge in [-0.15, -0.1) is 0 Å². The first kappa shape index (κ1) is 16.3. The number of nitrogens with zero attached hydrogens (tertiary/aromatic N) is 2. The summed E-state index contributed by atoms with van der Waals surface area (Å²) in [5, 5.41) is 3.23. The van der Waals surface area contributed by atoms with Crippen LogP contribution in [0, 0.1) is 5.92 Å². The number of nitrogens with one attached hydrogen (secondary N) is 2. The molecule has 1 aromatic heterocycles. The van der Waals surface area contributed by atoms with Gasteiger partial charge in [-0.25, -0.2) is 4.98 Å². The first-order valence-electron chi connectivity index (χ1n) is 9.38. The number of fused-ring (bicyclic) bond motifs is 1. The average molecular weight is 338 g/mol. The van der Waals surface area contributed by atoms with Gasteiger partial charge in [0.1, 0.15) is 0 Å². The third-order valence-corrected chi connectivity index (χ3v) is 5.31. The quantitative estimate of drug-likeness (QED) is 0.898. The maximum absolute atomic E-state index is 12.1. The second-order valence-electron chi connectivity index (χ2n) is 7.50. The minimum Gasteiger partial charge on any atom is -0.326 e. The molecule has 1 fully saturated rings. The molecule has 2 aromatic rings. The van der Waals surface area contributed by atoms with E-state index in [1.807, 2.05) is 0 Å². The van der Waals surface area contributed by atoms with E-state index in [4.69, 9.17) is 0 Å². The van der Waals surface area contributed by atoms with E-state index in [-0.39, 0.29) is 5.56 Å². The number of benzene rings is 1. The third-order valence-electron chi connectivity index (χ3n) is 5.31. The third kappa shape index (κ3) is 3.76. The van der Waals surface area contributed by atoms with E-state index in [0.29, 0.717) is 5.95 Å². The molecule has 5 heteroatoms. The molecule has 0 amide bonds. The number of hydrogen-bond donors (Lipinski definition) is 2. The van der Waals surface area contributed by atoms with Crippen LogP contribution in [-0.4, -0.2) is 28.0 Å². The number of aromatic nitrogens is 2. The minimum atomic E-state index is 0.000776. The van der Waals surface area contributed by atoms with Crippen LogP contribution in [0.5, 0.6) is 0 Å². The predicted molar refractivity (Wildman–Crippen MR) is 100 cm³/mol. The average Bonchev–Trinajstić information content (AvgIpc) is 3.06. The molecule has 0 spiro atoms. The van der Waals surface area contributed by atoms with Gasteiger partial charge in [-0.05, 0) is 62.3 Å². The van der Waals surface area contributed by atoms with Crippen LogP contribution < -0.4 is 10.9 Å². The fraction of sp³-hybridized carbons (Fsp3) is 0.500. The second kappa shape index (κ2) is 7.00. The molecule has 25 heavy (non-hydrogen) atoms. The monoisotopic (exact) mass is 338 g/mol. The molecule has 1 atom stereocenters. The van der Waals surface area contributed by atoms with Gasteiger partial charge in [0.2, 0.25) is 5.95 Å². The van der Waals surface area contributed by atoms with Crippen molar-refractivity contribution >= 4 is 11.6 Å². The van der Waals surface area contributed by atoms with Crippen molar-refractivity contribution in [2.24, 2.45) is 5.92 Å². The van der Waals surface area contributed by atoms with Crippen molar-refractivity contribution in [1.82, 2.24) is 14.9 Å². The van der Waals surface area contributed by atoms with Gasteiger partial charge < -0.3 is 5.32 Å². The molecule has 2 aliphatic rings. The molecule has 5 nitrogen and oxygen atoms in total. The van der Waals surface area contributed by atoms with Crippen LogP contribution in [0.15, 0.2) is 29.1 Å². The van der Waals surface area contributed by atoms with Crippen molar-refractivity contribution in [1.29, 1.82) is 0 Å². The zero-order valence-corrected chi connectivity index (χ0v) is 14.8. The Morgan fingerprint density at radius 3 is 2.88 bits per heavy atom. The van der Waals surface area contributed by atoms with Crippen LogP contribution in [0.1, 0.15) is 43.0 Å². The number of rotatable bonds is 4. The maximum Gasteiger partial charge on any atom is 0.255 e. The van der Waals surface area contributed by atoms with Crippen LogP contribution in [-0.2, 0) is 19.4 Å². The molecule has 4 rings (SSSR count). The summed E-state index contributed by atoms with van der Waals surface area (Å²) >= 11 is 0. The SMILES string of the molecule is CC1CCCN(Cc2ccc(Nc3nc4c(c(=O)[nH]3)CCC4)cc2)C1. The molecule has 2 heterocycles. The Bertz CT molecular complexity index is 796. The Hall–Kier alpha value is -2.14. The first-order chi connectivity index (χ1) is 12.2. The lowest BCUT2D eigenvalue weighted by molar-refractivity contribution is 0.176. The lowest BCUT2D eigenvalue weighted by atomic mass is 10.00. The largest absolute Gasteiger partial charge is 0.326 e. The summed E-state index contributed by atoms with van der Waals surface area (Å²) in [5.74, 6) is 1.35. The summed E-state index contributed by atoms with van der Waals surface area (Å²) in [6.45, 7) is 5.74. The smallest absolute Gasteiger partial charge is 0.255 e. The molecule has 0 saturated carbocycles. The number of piperidine rings is 1. The highest BCUT2D eigenvalue weighted by Gasteiger charge is 2.18. The lowest BCUT2D eigenvalue weighted by Crippen LogP contribution is -2.33. The number of aryl methyl sites for hydroxylation is 1. The number of H-pyrrole nitrogens is 1. The van der Waals surface area contributed by atoms with E-state index in [2.05, 4.69) is 51.4 Å². The topological polar surface area (TPSA) is 61.0 Å². The number of hydrogen-bond acceptors (Lipinski definition) is 4. The van der Waals surface area contributed by atoms with E-state index in [1.54, 1.807) is 0 Å². The molecule has 132 valence electrons. The molecule has 1 saturated heterocycles. The highest BCUT2D eigenvalue weighted by Crippen LogP contribution is 2.21. The number of anilines is 2. The highest BCUT2D eigenvalue weighted by molar-refractivity contribution is 5.54. The van der Waals surface area contributed by atoms with Crippen molar-refractivity contribution in [3.63, 3.8) is 0 Å². The van der Waals surface area contributed by atoms with Crippen molar-refractivity contribution in [3.05, 3.63) is 51.4 Å². The Morgan fingerprint density at radius 1 is 1.24 bits per heavy atom. The Balaban J connectivity index is 1.42. The van der Waals surface area contributed by atoms with Crippen LogP contribution in [0.3, 0.4) is 0 Å². The van der Waals surface area contributed by atoms with Gasteiger partial charge in [0.05, 0.1) is 5.69 Å². The van der Waals surface area contributed by atoms with Gasteiger partial charge >= 0.3 is 0 Å². The molecule has 1 aromatic carbocycles. The Labute approximate surface area is 148 Å². The number of aromatic amines is 1. The van der Waals surface area contributed by atoms with Crippen molar-refractivity contribution < 1.29 is 0 Å². The second-order valence-corrected chi connectivity index (χ2v) is 7.50. The van der Waals surface area contributed by atoms with Crippen molar-refractivity contribution in [3.8, 4) is 0 Å². The summed E-state index contributed by atoms with van der Waals surface area (Å²) < 4.78 is 0. The lowest BCUT2D eigenvalue weighted by Gasteiger charge is -2.30. The van der Waals surface area contributed by atoms with Gasteiger partial charge in [-0.3, -0.25) is 14.7 Å². The summed E-state index contributed by atoms with van der Waals surface area (Å²) in [6.07, 6.45) is 5.44. The van der Waals surface area contributed by atoms with Crippen LogP contribution >= 0.6 is 0 Å². The Morgan fingerprint density at radius 2 is 2.08 bits per heavy atom. The summed E-state index contributed by atoms with van der Waals surface area (Å²) in [4.78, 5) is 22.0. The standard InChI is InChI=1S/C20H26N4O/c1-14-4-3-11-24(12-14)13-15-7-9-16(10-8-15)21-20-22-18-6-2-5-17(18)19(25)23-20/h7-10,14H,2-6,11-13H2,1H3,(H2,21,22,23,25). The predicted octanol–water partition coefficient (Wildman–Crippen LogP) is 3.23. The molecule has 2 N–H and O–H groups in total. The minimum absolute atomic E-state index is 0.000776. The molecule has 0 radical (unpaired) electrons. The van der Waals surface area contributed by atoms with E-state index < -0.39 is 0 Å². The fourth-order valence-electron chi connectivity index (χ4n) is 4.02. The van der Waals surface area contributed by atoms with E-state index in [1.165, 1.54) is 31.5 Å². The first-order valence-corrected chi connectivity index (χ1v) is 9.38. The van der Waals surface area contributed by atoms with Crippen LogP contribution in [0.2, 0.25) is 0 Å². The van der Waals surface area contributed by atoms with Gasteiger partial charge in [0.15, 0.2) is 0 Å². The van der Waals surface area contributed by atoms with Gasteiger partial charge in [0, 0.05) is 24.3 Å². The van der Waals surface area contributed by atoms with E-state index in [0.717, 1.165) is 48.7 Å². The normalized spacial score (nSPS) is 20.4. The number of likely N-dealkylation sites (tertiary alicyclic amines) is 1. The zero-order chi connectivity index (χ0) is 17.2. The molecular formula is C20H26N4O. The van der Waals surface area contributed by atoms with E-state index >= 15 is 0 Å². The molecule has 1 aliphatic carbocycles. The maximum atomic E-state index is 12.1. The molecule has 1 unspecified atom stereocenters. The van der Waals surface area contributed by atoms with E-state index in [9.17, 15) is 4.79 Å². The van der Waals surface area contributed by atoms with Crippen LogP contribution in [0.4, 0.5) is 11.6 Å². The summed E-state index contributed by atoms with van der Waals surface area (Å²) in [5.41, 5.74) is 4.09.